The Labute approximate surface area is 71.7 Å². The van der Waals surface area contributed by atoms with E-state index in [2.05, 4.69) is 15.1 Å². The van der Waals surface area contributed by atoms with Crippen LogP contribution in [-0.4, -0.2) is 28.0 Å². The third-order valence-corrected chi connectivity index (χ3v) is 1.57. The fraction of sp³-hybridized carbons (Fsp3) is 0.375. The first kappa shape index (κ1) is 8.64. The molecule has 4 heteroatoms. The number of hydrogen-bond acceptors (Lipinski definition) is 3. The van der Waals surface area contributed by atoms with Crippen molar-refractivity contribution in [2.24, 2.45) is 4.99 Å². The van der Waals surface area contributed by atoms with Crippen molar-refractivity contribution >= 4 is 11.9 Å². The summed E-state index contributed by atoms with van der Waals surface area (Å²) in [5, 5.41) is 4.05. The Bertz CT molecular complexity index is 309. The molecule has 1 aromatic rings. The van der Waals surface area contributed by atoms with Crippen molar-refractivity contribution in [1.29, 1.82) is 0 Å². The van der Waals surface area contributed by atoms with E-state index in [1.165, 1.54) is 6.33 Å². The van der Waals surface area contributed by atoms with Crippen LogP contribution >= 0.6 is 0 Å². The molecule has 0 aliphatic carbocycles. The zero-order chi connectivity index (χ0) is 8.97. The van der Waals surface area contributed by atoms with Crippen molar-refractivity contribution in [3.63, 3.8) is 0 Å². The lowest BCUT2D eigenvalue weighted by Crippen LogP contribution is -2.01. The van der Waals surface area contributed by atoms with Crippen LogP contribution in [0.1, 0.15) is 19.7 Å². The maximum Gasteiger partial charge on any atom is 0.173 e. The van der Waals surface area contributed by atoms with E-state index in [1.807, 2.05) is 19.9 Å². The van der Waals surface area contributed by atoms with E-state index in [-0.39, 0.29) is 0 Å². The van der Waals surface area contributed by atoms with Crippen molar-refractivity contribution in [1.82, 2.24) is 14.8 Å². The molecule has 0 aromatic carbocycles. The normalized spacial score (nSPS) is 12.8. The summed E-state index contributed by atoms with van der Waals surface area (Å²) < 4.78 is 1.74. The van der Waals surface area contributed by atoms with Crippen molar-refractivity contribution in [3.8, 4) is 0 Å². The highest BCUT2D eigenvalue weighted by Crippen LogP contribution is 2.01. The summed E-state index contributed by atoms with van der Waals surface area (Å²) in [4.78, 5) is 7.92. The van der Waals surface area contributed by atoms with Crippen LogP contribution in [0.25, 0.3) is 5.70 Å². The van der Waals surface area contributed by atoms with Gasteiger partial charge in [-0.25, -0.2) is 9.67 Å². The molecule has 64 valence electrons. The largest absolute Gasteiger partial charge is 0.293 e. The van der Waals surface area contributed by atoms with Gasteiger partial charge in [-0.2, -0.15) is 5.10 Å². The Hall–Kier alpha value is -1.45. The van der Waals surface area contributed by atoms with Crippen molar-refractivity contribution in [2.75, 3.05) is 7.05 Å². The summed E-state index contributed by atoms with van der Waals surface area (Å²) >= 11 is 0. The van der Waals surface area contributed by atoms with E-state index >= 15 is 0 Å². The maximum absolute atomic E-state index is 4.05. The van der Waals surface area contributed by atoms with Gasteiger partial charge >= 0.3 is 0 Å². The minimum atomic E-state index is 0.758. The molecule has 0 aliphatic rings. The predicted octanol–water partition coefficient (Wildman–Crippen LogP) is 1.21. The van der Waals surface area contributed by atoms with E-state index < -0.39 is 0 Å². The summed E-state index contributed by atoms with van der Waals surface area (Å²) in [5.74, 6) is 0.758. The van der Waals surface area contributed by atoms with Crippen molar-refractivity contribution in [3.05, 3.63) is 18.2 Å². The lowest BCUT2D eigenvalue weighted by atomic mass is 10.4. The van der Waals surface area contributed by atoms with E-state index in [0.29, 0.717) is 0 Å². The molecular weight excluding hydrogens is 152 g/mol. The lowest BCUT2D eigenvalue weighted by Gasteiger charge is -2.00. The molecule has 0 unspecified atom stereocenters. The maximum atomic E-state index is 4.05. The molecule has 0 aliphatic heterocycles. The average Bonchev–Trinajstić information content (AvgIpc) is 2.52. The quantitative estimate of drug-likeness (QED) is 0.616. The molecule has 0 fully saturated rings. The number of allylic oxidation sites excluding steroid dienone is 2. The second kappa shape index (κ2) is 3.80. The third-order valence-electron chi connectivity index (χ3n) is 1.57. The van der Waals surface area contributed by atoms with Gasteiger partial charge in [0.25, 0.3) is 0 Å². The standard InChI is InChI=1S/C8H12N4/c1-4-7(2)12-8(5-9-3)10-6-11-12/h4-6H,1-3H3/b7-4-,9-5?. The van der Waals surface area contributed by atoms with E-state index in [4.69, 9.17) is 0 Å². The average molecular weight is 164 g/mol. The highest BCUT2D eigenvalue weighted by Gasteiger charge is 2.00. The Kier molecular flexibility index (Phi) is 2.74. The van der Waals surface area contributed by atoms with Gasteiger partial charge in [0, 0.05) is 12.7 Å². The first-order chi connectivity index (χ1) is 5.79. The number of aliphatic imine (C=N–C) groups is 1. The van der Waals surface area contributed by atoms with Crippen LogP contribution < -0.4 is 0 Å². The van der Waals surface area contributed by atoms with Gasteiger partial charge in [-0.1, -0.05) is 6.08 Å². The number of nitrogens with zero attached hydrogens (tertiary/aromatic N) is 4. The molecule has 0 saturated heterocycles. The predicted molar refractivity (Wildman–Crippen MR) is 49.2 cm³/mol. The second-order valence-electron chi connectivity index (χ2n) is 2.35. The smallest absolute Gasteiger partial charge is 0.173 e. The molecule has 0 radical (unpaired) electrons. The van der Waals surface area contributed by atoms with Crippen molar-refractivity contribution < 1.29 is 0 Å². The highest BCUT2D eigenvalue weighted by atomic mass is 15.3. The van der Waals surface area contributed by atoms with Gasteiger partial charge in [0.05, 0.1) is 6.21 Å². The number of rotatable bonds is 2. The molecule has 1 aromatic heterocycles. The monoisotopic (exact) mass is 164 g/mol. The number of hydrogen-bond donors (Lipinski definition) is 0. The zero-order valence-electron chi connectivity index (χ0n) is 7.52. The molecule has 12 heavy (non-hydrogen) atoms. The van der Waals surface area contributed by atoms with Gasteiger partial charge in [0.15, 0.2) is 5.82 Å². The topological polar surface area (TPSA) is 43.1 Å². The second-order valence-corrected chi connectivity index (χ2v) is 2.35. The lowest BCUT2D eigenvalue weighted by molar-refractivity contribution is 0.884. The fourth-order valence-corrected chi connectivity index (χ4v) is 0.848. The molecule has 0 N–H and O–H groups in total. The van der Waals surface area contributed by atoms with Gasteiger partial charge in [-0.05, 0) is 13.8 Å². The minimum Gasteiger partial charge on any atom is -0.293 e. The third kappa shape index (κ3) is 1.58. The van der Waals surface area contributed by atoms with Crippen LogP contribution in [0.5, 0.6) is 0 Å². The highest BCUT2D eigenvalue weighted by molar-refractivity contribution is 5.76. The van der Waals surface area contributed by atoms with E-state index in [0.717, 1.165) is 11.5 Å². The Morgan fingerprint density at radius 2 is 2.42 bits per heavy atom. The first-order valence-electron chi connectivity index (χ1n) is 3.75. The van der Waals surface area contributed by atoms with Crippen LogP contribution in [0.2, 0.25) is 0 Å². The van der Waals surface area contributed by atoms with Gasteiger partial charge < -0.3 is 0 Å². The van der Waals surface area contributed by atoms with Gasteiger partial charge in [0.2, 0.25) is 0 Å². The van der Waals surface area contributed by atoms with Crippen LogP contribution in [-0.2, 0) is 0 Å². The molecule has 1 heterocycles. The molecule has 0 saturated carbocycles. The number of aromatic nitrogens is 3. The Morgan fingerprint density at radius 3 is 3.00 bits per heavy atom. The van der Waals surface area contributed by atoms with Crippen LogP contribution in [0.15, 0.2) is 17.4 Å². The molecular formula is C8H12N4. The fourth-order valence-electron chi connectivity index (χ4n) is 0.848. The van der Waals surface area contributed by atoms with Crippen molar-refractivity contribution in [2.45, 2.75) is 13.8 Å². The molecule has 0 atom stereocenters. The van der Waals surface area contributed by atoms with E-state index in [9.17, 15) is 0 Å². The Morgan fingerprint density at radius 1 is 1.67 bits per heavy atom. The Balaban J connectivity index is 3.07. The van der Waals surface area contributed by atoms with Crippen LogP contribution in [0.4, 0.5) is 0 Å². The summed E-state index contributed by atoms with van der Waals surface area (Å²) in [7, 11) is 1.71. The van der Waals surface area contributed by atoms with Crippen LogP contribution in [0.3, 0.4) is 0 Å². The first-order valence-corrected chi connectivity index (χ1v) is 3.75. The molecule has 0 bridgehead atoms. The van der Waals surface area contributed by atoms with Gasteiger partial charge in [-0.3, -0.25) is 4.99 Å². The minimum absolute atomic E-state index is 0.758. The summed E-state index contributed by atoms with van der Waals surface area (Å²) in [6.45, 7) is 3.94. The van der Waals surface area contributed by atoms with E-state index in [1.54, 1.807) is 17.9 Å². The summed E-state index contributed by atoms with van der Waals surface area (Å²) in [6, 6.07) is 0. The molecule has 1 rings (SSSR count). The molecule has 4 nitrogen and oxygen atoms in total. The molecule has 0 spiro atoms. The zero-order valence-corrected chi connectivity index (χ0v) is 7.52. The SMILES string of the molecule is C/C=C(/C)n1ncnc1C=NC. The summed E-state index contributed by atoms with van der Waals surface area (Å²) in [5.41, 5.74) is 1.04. The summed E-state index contributed by atoms with van der Waals surface area (Å²) in [6.07, 6.45) is 5.17. The van der Waals surface area contributed by atoms with Crippen LogP contribution in [0, 0.1) is 0 Å². The molecule has 0 amide bonds. The van der Waals surface area contributed by atoms with Gasteiger partial charge in [-0.15, -0.1) is 0 Å². The van der Waals surface area contributed by atoms with Gasteiger partial charge in [0.1, 0.15) is 6.33 Å².